The Hall–Kier alpha value is -1.86. The van der Waals surface area contributed by atoms with Crippen LogP contribution in [-0.4, -0.2) is 45.7 Å². The number of carbonyl (C=O) groups is 1. The fourth-order valence-electron chi connectivity index (χ4n) is 3.78. The van der Waals surface area contributed by atoms with Crippen LogP contribution in [0.15, 0.2) is 6.20 Å². The summed E-state index contributed by atoms with van der Waals surface area (Å²) in [5, 5.41) is 0.450. The van der Waals surface area contributed by atoms with Crippen LogP contribution in [0.4, 0.5) is 0 Å². The Morgan fingerprint density at radius 3 is 2.66 bits per heavy atom. The van der Waals surface area contributed by atoms with Crippen molar-refractivity contribution in [1.29, 1.82) is 0 Å². The molecule has 0 bridgehead atoms. The molecule has 0 aromatic carbocycles. The molecule has 1 fully saturated rings. The van der Waals surface area contributed by atoms with Crippen LogP contribution in [0, 0.1) is 5.92 Å². The van der Waals surface area contributed by atoms with Crippen LogP contribution in [0.1, 0.15) is 52.9 Å². The summed E-state index contributed by atoms with van der Waals surface area (Å²) in [6, 6.07) is 0.539. The van der Waals surface area contributed by atoms with Gasteiger partial charge in [0.25, 0.3) is 6.01 Å². The Labute approximate surface area is 176 Å². The topological polar surface area (TPSA) is 75.5 Å². The van der Waals surface area contributed by atoms with E-state index in [1.54, 1.807) is 13.1 Å². The molecule has 29 heavy (non-hydrogen) atoms. The number of ketones is 1. The first-order valence-corrected chi connectivity index (χ1v) is 10.7. The van der Waals surface area contributed by atoms with E-state index in [-0.39, 0.29) is 23.9 Å². The number of halogens is 1. The molecular formula is C21H30ClN3O4. The molecule has 1 atom stereocenters. The lowest BCUT2D eigenvalue weighted by atomic mass is 9.95. The number of rotatable bonds is 9. The summed E-state index contributed by atoms with van der Waals surface area (Å²) in [6.45, 7) is 6.70. The number of hydrogen-bond acceptors (Lipinski definition) is 6. The number of aromatic nitrogens is 3. The van der Waals surface area contributed by atoms with E-state index in [2.05, 4.69) is 16.9 Å². The van der Waals surface area contributed by atoms with E-state index in [9.17, 15) is 4.79 Å². The van der Waals surface area contributed by atoms with Crippen LogP contribution in [0.25, 0.3) is 11.0 Å². The maximum atomic E-state index is 11.2. The predicted molar refractivity (Wildman–Crippen MR) is 112 cm³/mol. The number of aryl methyl sites for hydroxylation is 1. The summed E-state index contributed by atoms with van der Waals surface area (Å²) < 4.78 is 19.5. The van der Waals surface area contributed by atoms with Gasteiger partial charge in [0.2, 0.25) is 5.88 Å². The minimum atomic E-state index is 0.0955. The third kappa shape index (κ3) is 5.39. The third-order valence-electron chi connectivity index (χ3n) is 5.21. The number of Topliss-reactive ketones (excluding diaryl/α,β-unsaturated/α-hetero) is 1. The number of fused-ring (bicyclic) bond motifs is 1. The number of imidazole rings is 1. The maximum absolute atomic E-state index is 11.2. The van der Waals surface area contributed by atoms with Crippen molar-refractivity contribution >= 4 is 28.4 Å². The van der Waals surface area contributed by atoms with Gasteiger partial charge in [0.1, 0.15) is 22.4 Å². The van der Waals surface area contributed by atoms with Gasteiger partial charge in [0.05, 0.1) is 24.4 Å². The second-order valence-corrected chi connectivity index (χ2v) is 8.24. The SMILES string of the molecule is CCOc1ncc2nc(OC3CCC(OC[C@H](C)CC(C)=O)CC3)n(C)c2c1Cl. The molecule has 0 N–H and O–H groups in total. The Morgan fingerprint density at radius 2 is 2.00 bits per heavy atom. The molecule has 0 spiro atoms. The second kappa shape index (κ2) is 9.76. The Balaban J connectivity index is 1.56. The molecule has 2 heterocycles. The summed E-state index contributed by atoms with van der Waals surface area (Å²) in [7, 11) is 1.89. The summed E-state index contributed by atoms with van der Waals surface area (Å²) >= 11 is 6.45. The van der Waals surface area contributed by atoms with E-state index in [4.69, 9.17) is 25.8 Å². The monoisotopic (exact) mass is 423 g/mol. The first kappa shape index (κ1) is 21.8. The average molecular weight is 424 g/mol. The molecule has 0 amide bonds. The van der Waals surface area contributed by atoms with Crippen LogP contribution < -0.4 is 9.47 Å². The number of hydrogen-bond donors (Lipinski definition) is 0. The lowest BCUT2D eigenvalue weighted by Gasteiger charge is -2.29. The zero-order valence-electron chi connectivity index (χ0n) is 17.6. The van der Waals surface area contributed by atoms with E-state index in [0.29, 0.717) is 42.1 Å². The molecule has 2 aromatic heterocycles. The van der Waals surface area contributed by atoms with Gasteiger partial charge < -0.3 is 19.0 Å². The van der Waals surface area contributed by atoms with Gasteiger partial charge in [0.15, 0.2) is 0 Å². The summed E-state index contributed by atoms with van der Waals surface area (Å²) in [5.74, 6) is 0.888. The first-order chi connectivity index (χ1) is 13.9. The van der Waals surface area contributed by atoms with Gasteiger partial charge in [0, 0.05) is 20.1 Å². The smallest absolute Gasteiger partial charge is 0.297 e. The molecule has 7 nitrogen and oxygen atoms in total. The van der Waals surface area contributed by atoms with E-state index in [1.165, 1.54) is 0 Å². The predicted octanol–water partition coefficient (Wildman–Crippen LogP) is 4.34. The molecule has 2 aromatic rings. The molecule has 0 aliphatic heterocycles. The molecule has 160 valence electrons. The minimum Gasteiger partial charge on any atom is -0.477 e. The summed E-state index contributed by atoms with van der Waals surface area (Å²) in [5.41, 5.74) is 1.45. The van der Waals surface area contributed by atoms with Gasteiger partial charge in [-0.05, 0) is 45.4 Å². The van der Waals surface area contributed by atoms with E-state index < -0.39 is 0 Å². The van der Waals surface area contributed by atoms with Gasteiger partial charge in [-0.3, -0.25) is 4.57 Å². The number of ether oxygens (including phenoxy) is 3. The molecule has 1 aliphatic rings. The highest BCUT2D eigenvalue weighted by Crippen LogP contribution is 2.34. The standard InChI is InChI=1S/C21H30ClN3O4/c1-5-27-20-18(22)19-17(11-23-20)24-21(25(19)4)29-16-8-6-15(7-9-16)28-12-13(2)10-14(3)26/h11,13,15-16H,5-10,12H2,1-4H3/t13-,15?,16?/m1/s1. The van der Waals surface area contributed by atoms with Crippen molar-refractivity contribution in [1.82, 2.24) is 14.5 Å². The fourth-order valence-corrected chi connectivity index (χ4v) is 4.11. The largest absolute Gasteiger partial charge is 0.477 e. The minimum absolute atomic E-state index is 0.0955. The normalized spacial score (nSPS) is 20.6. The molecule has 3 rings (SSSR count). The average Bonchev–Trinajstić information content (AvgIpc) is 2.99. The van der Waals surface area contributed by atoms with Crippen LogP contribution in [0.2, 0.25) is 5.02 Å². The maximum Gasteiger partial charge on any atom is 0.297 e. The highest BCUT2D eigenvalue weighted by molar-refractivity contribution is 6.36. The lowest BCUT2D eigenvalue weighted by Crippen LogP contribution is -2.30. The molecule has 1 saturated carbocycles. The number of pyridine rings is 1. The van der Waals surface area contributed by atoms with Crippen molar-refractivity contribution in [3.63, 3.8) is 0 Å². The van der Waals surface area contributed by atoms with Gasteiger partial charge >= 0.3 is 0 Å². The Kier molecular flexibility index (Phi) is 7.35. The van der Waals surface area contributed by atoms with Gasteiger partial charge in [-0.1, -0.05) is 18.5 Å². The van der Waals surface area contributed by atoms with Crippen molar-refractivity contribution in [2.45, 2.75) is 65.1 Å². The highest BCUT2D eigenvalue weighted by Gasteiger charge is 2.26. The van der Waals surface area contributed by atoms with Gasteiger partial charge in [-0.2, -0.15) is 4.98 Å². The molecule has 0 radical (unpaired) electrons. The van der Waals surface area contributed by atoms with E-state index in [0.717, 1.165) is 31.2 Å². The van der Waals surface area contributed by atoms with Crippen LogP contribution >= 0.6 is 11.6 Å². The van der Waals surface area contributed by atoms with Crippen molar-refractivity contribution in [3.05, 3.63) is 11.2 Å². The zero-order chi connectivity index (χ0) is 21.0. The summed E-state index contributed by atoms with van der Waals surface area (Å²) in [4.78, 5) is 20.0. The van der Waals surface area contributed by atoms with Crippen LogP contribution in [0.5, 0.6) is 11.9 Å². The van der Waals surface area contributed by atoms with Crippen molar-refractivity contribution in [2.24, 2.45) is 13.0 Å². The quantitative estimate of drug-likeness (QED) is 0.597. The fraction of sp³-hybridized carbons (Fsp3) is 0.667. The highest BCUT2D eigenvalue weighted by atomic mass is 35.5. The van der Waals surface area contributed by atoms with E-state index >= 15 is 0 Å². The zero-order valence-corrected chi connectivity index (χ0v) is 18.4. The molecule has 8 heteroatoms. The van der Waals surface area contributed by atoms with Crippen molar-refractivity contribution in [3.8, 4) is 11.9 Å². The first-order valence-electron chi connectivity index (χ1n) is 10.3. The van der Waals surface area contributed by atoms with Crippen molar-refractivity contribution in [2.75, 3.05) is 13.2 Å². The lowest BCUT2D eigenvalue weighted by molar-refractivity contribution is -0.118. The number of nitrogens with zero attached hydrogens (tertiary/aromatic N) is 3. The van der Waals surface area contributed by atoms with Crippen LogP contribution in [0.3, 0.4) is 0 Å². The summed E-state index contributed by atoms with van der Waals surface area (Å²) in [6.07, 6.45) is 6.27. The Morgan fingerprint density at radius 1 is 1.31 bits per heavy atom. The van der Waals surface area contributed by atoms with E-state index in [1.807, 2.05) is 18.5 Å². The Bertz CT molecular complexity index is 846. The second-order valence-electron chi connectivity index (χ2n) is 7.86. The van der Waals surface area contributed by atoms with Crippen molar-refractivity contribution < 1.29 is 19.0 Å². The molecular weight excluding hydrogens is 394 g/mol. The molecule has 0 unspecified atom stereocenters. The third-order valence-corrected chi connectivity index (χ3v) is 5.55. The van der Waals surface area contributed by atoms with Gasteiger partial charge in [-0.25, -0.2) is 4.98 Å². The molecule has 0 saturated heterocycles. The molecule has 1 aliphatic carbocycles. The number of carbonyl (C=O) groups excluding carboxylic acids is 1. The van der Waals surface area contributed by atoms with Gasteiger partial charge in [-0.15, -0.1) is 0 Å². The van der Waals surface area contributed by atoms with Crippen LogP contribution in [-0.2, 0) is 16.6 Å².